The molecule has 1 atom stereocenters. The van der Waals surface area contributed by atoms with Crippen LogP contribution in [0.25, 0.3) is 0 Å². The highest BCUT2D eigenvalue weighted by atomic mass is 16.5. The van der Waals surface area contributed by atoms with Crippen molar-refractivity contribution in [2.45, 2.75) is 51.2 Å². The van der Waals surface area contributed by atoms with Gasteiger partial charge in [-0.3, -0.25) is 0 Å². The van der Waals surface area contributed by atoms with Gasteiger partial charge in [0.25, 0.3) is 0 Å². The van der Waals surface area contributed by atoms with Crippen molar-refractivity contribution in [1.82, 2.24) is 5.32 Å². The van der Waals surface area contributed by atoms with E-state index < -0.39 is 0 Å². The Morgan fingerprint density at radius 3 is 2.44 bits per heavy atom. The number of methoxy groups -OCH3 is 1. The summed E-state index contributed by atoms with van der Waals surface area (Å²) in [7, 11) is 3.90. The number of nitrogens with one attached hydrogen (secondary N) is 1. The number of likely N-dealkylation sites (N-methyl/N-ethyl adjacent to an activating group) is 1. The maximum absolute atomic E-state index is 5.79. The van der Waals surface area contributed by atoms with E-state index in [1.807, 2.05) is 14.2 Å². The lowest BCUT2D eigenvalue weighted by molar-refractivity contribution is -0.0966. The highest BCUT2D eigenvalue weighted by Gasteiger charge is 2.43. The highest BCUT2D eigenvalue weighted by Crippen LogP contribution is 2.39. The summed E-state index contributed by atoms with van der Waals surface area (Å²) in [4.78, 5) is 0. The van der Waals surface area contributed by atoms with E-state index in [9.17, 15) is 0 Å². The molecule has 0 aliphatic heterocycles. The number of rotatable bonds is 5. The summed E-state index contributed by atoms with van der Waals surface area (Å²) >= 11 is 0. The first-order chi connectivity index (χ1) is 8.61. The van der Waals surface area contributed by atoms with E-state index >= 15 is 0 Å². The summed E-state index contributed by atoms with van der Waals surface area (Å²) in [6.45, 7) is 4.35. The predicted molar refractivity (Wildman–Crippen MR) is 76.1 cm³/mol. The molecule has 0 saturated heterocycles. The molecule has 0 amide bonds. The Labute approximate surface area is 111 Å². The molecule has 0 aromatic heterocycles. The number of hydrogen-bond donors (Lipinski definition) is 1. The van der Waals surface area contributed by atoms with Gasteiger partial charge in [0.05, 0.1) is 5.60 Å². The molecular formula is C16H25NO. The van der Waals surface area contributed by atoms with E-state index in [1.165, 1.54) is 36.0 Å². The first kappa shape index (κ1) is 13.6. The van der Waals surface area contributed by atoms with Crippen LogP contribution in [0.15, 0.2) is 18.2 Å². The average Bonchev–Trinajstić information content (AvgIpc) is 2.31. The van der Waals surface area contributed by atoms with Gasteiger partial charge < -0.3 is 10.1 Å². The molecule has 18 heavy (non-hydrogen) atoms. The van der Waals surface area contributed by atoms with Crippen LogP contribution in [0.3, 0.4) is 0 Å². The Morgan fingerprint density at radius 2 is 2.00 bits per heavy atom. The minimum atomic E-state index is 0.0630. The van der Waals surface area contributed by atoms with Gasteiger partial charge in [0.1, 0.15) is 0 Å². The Balaban J connectivity index is 2.12. The van der Waals surface area contributed by atoms with Crippen molar-refractivity contribution in [3.8, 4) is 0 Å². The van der Waals surface area contributed by atoms with Crippen molar-refractivity contribution in [2.75, 3.05) is 14.2 Å². The summed E-state index contributed by atoms with van der Waals surface area (Å²) in [5, 5.41) is 3.45. The second kappa shape index (κ2) is 5.41. The maximum Gasteiger partial charge on any atom is 0.0834 e. The van der Waals surface area contributed by atoms with Crippen molar-refractivity contribution < 1.29 is 4.74 Å². The van der Waals surface area contributed by atoms with E-state index in [4.69, 9.17) is 4.74 Å². The van der Waals surface area contributed by atoms with Crippen LogP contribution in [0.4, 0.5) is 0 Å². The first-order valence-corrected chi connectivity index (χ1v) is 6.90. The summed E-state index contributed by atoms with van der Waals surface area (Å²) in [6.07, 6.45) is 4.70. The molecule has 0 radical (unpaired) electrons. The van der Waals surface area contributed by atoms with Crippen LogP contribution in [0.5, 0.6) is 0 Å². The van der Waals surface area contributed by atoms with Crippen LogP contribution in [0.2, 0.25) is 0 Å². The molecule has 1 unspecified atom stereocenters. The van der Waals surface area contributed by atoms with Gasteiger partial charge in [0.2, 0.25) is 0 Å². The van der Waals surface area contributed by atoms with E-state index in [1.54, 1.807) is 0 Å². The summed E-state index contributed by atoms with van der Waals surface area (Å²) in [6, 6.07) is 7.19. The van der Waals surface area contributed by atoms with Crippen molar-refractivity contribution in [2.24, 2.45) is 0 Å². The highest BCUT2D eigenvalue weighted by molar-refractivity contribution is 5.30. The van der Waals surface area contributed by atoms with Gasteiger partial charge in [0, 0.05) is 13.2 Å². The smallest absolute Gasteiger partial charge is 0.0834 e. The third kappa shape index (κ3) is 2.45. The van der Waals surface area contributed by atoms with Gasteiger partial charge in [-0.1, -0.05) is 18.2 Å². The van der Waals surface area contributed by atoms with Crippen molar-refractivity contribution in [3.05, 3.63) is 34.9 Å². The molecule has 0 heterocycles. The second-order valence-electron chi connectivity index (χ2n) is 5.59. The topological polar surface area (TPSA) is 21.3 Å². The molecular weight excluding hydrogens is 222 g/mol. The van der Waals surface area contributed by atoms with Crippen molar-refractivity contribution >= 4 is 0 Å². The summed E-state index contributed by atoms with van der Waals surface area (Å²) in [5.41, 5.74) is 4.21. The molecule has 0 bridgehead atoms. The zero-order valence-corrected chi connectivity index (χ0v) is 12.0. The van der Waals surface area contributed by atoms with Gasteiger partial charge in [-0.2, -0.15) is 0 Å². The minimum absolute atomic E-state index is 0.0630. The van der Waals surface area contributed by atoms with Crippen LogP contribution >= 0.6 is 0 Å². The molecule has 1 fully saturated rings. The molecule has 1 saturated carbocycles. The van der Waals surface area contributed by atoms with Gasteiger partial charge in [-0.25, -0.2) is 0 Å². The molecule has 2 heteroatoms. The molecule has 1 aliphatic carbocycles. The lowest BCUT2D eigenvalue weighted by Gasteiger charge is -2.46. The standard InChI is InChI=1S/C16H25NO/c1-12-6-7-14(10-13(12)2)11-15(17-3)16(18-4)8-5-9-16/h6-7,10,15,17H,5,8-9,11H2,1-4H3. The van der Waals surface area contributed by atoms with Crippen LogP contribution in [-0.2, 0) is 11.2 Å². The lowest BCUT2D eigenvalue weighted by atomic mass is 9.72. The van der Waals surface area contributed by atoms with E-state index in [-0.39, 0.29) is 5.60 Å². The summed E-state index contributed by atoms with van der Waals surface area (Å²) < 4.78 is 5.79. The van der Waals surface area contributed by atoms with E-state index in [0.29, 0.717) is 6.04 Å². The Bertz CT molecular complexity index is 404. The van der Waals surface area contributed by atoms with Gasteiger partial charge in [-0.05, 0) is 63.3 Å². The van der Waals surface area contributed by atoms with Gasteiger partial charge in [0.15, 0.2) is 0 Å². The monoisotopic (exact) mass is 247 g/mol. The molecule has 1 aromatic carbocycles. The minimum Gasteiger partial charge on any atom is -0.377 e. The molecule has 1 N–H and O–H groups in total. The molecule has 2 rings (SSSR count). The zero-order valence-electron chi connectivity index (χ0n) is 12.0. The predicted octanol–water partition coefficient (Wildman–Crippen LogP) is 3.00. The lowest BCUT2D eigenvalue weighted by Crippen LogP contribution is -2.56. The quantitative estimate of drug-likeness (QED) is 0.863. The Morgan fingerprint density at radius 1 is 1.28 bits per heavy atom. The largest absolute Gasteiger partial charge is 0.377 e. The van der Waals surface area contributed by atoms with Crippen molar-refractivity contribution in [3.63, 3.8) is 0 Å². The van der Waals surface area contributed by atoms with Crippen LogP contribution in [0.1, 0.15) is 36.0 Å². The van der Waals surface area contributed by atoms with E-state index in [2.05, 4.69) is 37.4 Å². The second-order valence-corrected chi connectivity index (χ2v) is 5.59. The molecule has 2 nitrogen and oxygen atoms in total. The average molecular weight is 247 g/mol. The third-order valence-corrected chi connectivity index (χ3v) is 4.60. The summed E-state index contributed by atoms with van der Waals surface area (Å²) in [5.74, 6) is 0. The van der Waals surface area contributed by atoms with Crippen LogP contribution in [-0.4, -0.2) is 25.8 Å². The van der Waals surface area contributed by atoms with Crippen LogP contribution in [0, 0.1) is 13.8 Å². The number of hydrogen-bond acceptors (Lipinski definition) is 2. The molecule has 1 aromatic rings. The van der Waals surface area contributed by atoms with Crippen molar-refractivity contribution in [1.29, 1.82) is 0 Å². The Kier molecular flexibility index (Phi) is 4.08. The normalized spacial score (nSPS) is 19.3. The first-order valence-electron chi connectivity index (χ1n) is 6.90. The van der Waals surface area contributed by atoms with Gasteiger partial charge in [-0.15, -0.1) is 0 Å². The number of benzene rings is 1. The van der Waals surface area contributed by atoms with E-state index in [0.717, 1.165) is 6.42 Å². The SMILES string of the molecule is CNC(Cc1ccc(C)c(C)c1)C1(OC)CCC1. The maximum atomic E-state index is 5.79. The van der Waals surface area contributed by atoms with Gasteiger partial charge >= 0.3 is 0 Å². The number of ether oxygens (including phenoxy) is 1. The third-order valence-electron chi connectivity index (χ3n) is 4.60. The molecule has 1 aliphatic rings. The zero-order chi connectivity index (χ0) is 13.2. The fourth-order valence-corrected chi connectivity index (χ4v) is 2.94. The fourth-order valence-electron chi connectivity index (χ4n) is 2.94. The molecule has 0 spiro atoms. The molecule has 100 valence electrons. The van der Waals surface area contributed by atoms with Crippen LogP contribution < -0.4 is 5.32 Å². The number of aryl methyl sites for hydroxylation is 2. The Hall–Kier alpha value is -0.860. The fraction of sp³-hybridized carbons (Fsp3) is 0.625.